The topological polar surface area (TPSA) is 75.7 Å². The zero-order valence-corrected chi connectivity index (χ0v) is 11.4. The van der Waals surface area contributed by atoms with E-state index in [1.54, 1.807) is 12.4 Å². The minimum Gasteiger partial charge on any atom is -0.322 e. The number of imidazole rings is 1. The van der Waals surface area contributed by atoms with Crippen LogP contribution < -0.4 is 10.5 Å². The summed E-state index contributed by atoms with van der Waals surface area (Å²) in [7, 11) is 0. The number of aromatic nitrogens is 4. The fourth-order valence-electron chi connectivity index (χ4n) is 2.64. The molecule has 0 radical (unpaired) electrons. The number of pyridine rings is 2. The number of nitrogens with one attached hydrogen (secondary N) is 3. The first-order valence-electron chi connectivity index (χ1n) is 6.69. The van der Waals surface area contributed by atoms with Crippen molar-refractivity contribution in [3.63, 3.8) is 0 Å². The van der Waals surface area contributed by atoms with Gasteiger partial charge in [-0.05, 0) is 47.7 Å². The third-order valence-electron chi connectivity index (χ3n) is 3.69. The monoisotopic (exact) mass is 277 g/mol. The fraction of sp³-hybridized carbons (Fsp3) is 0.0625. The number of fused-ring (bicyclic) bond motifs is 2. The smallest absolute Gasteiger partial charge is 0.299 e. The van der Waals surface area contributed by atoms with Crippen LogP contribution >= 0.6 is 0 Å². The van der Waals surface area contributed by atoms with Crippen LogP contribution in [0.15, 0.2) is 47.7 Å². The van der Waals surface area contributed by atoms with Crippen molar-refractivity contribution in [1.29, 1.82) is 0 Å². The molecule has 0 aliphatic heterocycles. The van der Waals surface area contributed by atoms with Gasteiger partial charge in [-0.15, -0.1) is 4.98 Å². The number of nitrogens with zero attached hydrogens (tertiary/aromatic N) is 1. The summed E-state index contributed by atoms with van der Waals surface area (Å²) < 4.78 is 0. The summed E-state index contributed by atoms with van der Waals surface area (Å²) in [6, 6.07) is 9.58. The van der Waals surface area contributed by atoms with Gasteiger partial charge in [0, 0.05) is 11.6 Å². The molecule has 3 aromatic heterocycles. The van der Waals surface area contributed by atoms with E-state index in [0.29, 0.717) is 0 Å². The Morgan fingerprint density at radius 2 is 2.05 bits per heavy atom. The second kappa shape index (κ2) is 4.28. The predicted molar refractivity (Wildman–Crippen MR) is 80.9 cm³/mol. The van der Waals surface area contributed by atoms with Gasteiger partial charge < -0.3 is 4.98 Å². The highest BCUT2D eigenvalue weighted by Gasteiger charge is 2.09. The Morgan fingerprint density at radius 3 is 2.95 bits per heavy atom. The minimum absolute atomic E-state index is 0.0802. The minimum atomic E-state index is -0.0802. The van der Waals surface area contributed by atoms with Gasteiger partial charge in [-0.25, -0.2) is 4.98 Å². The van der Waals surface area contributed by atoms with Gasteiger partial charge in [0.2, 0.25) is 5.56 Å². The van der Waals surface area contributed by atoms with E-state index in [-0.39, 0.29) is 5.56 Å². The SMILES string of the molecule is Cc1cc(-c2cnc3[nH+]c[nH]c3c2)cc2ccc(=O)[nH]c12. The lowest BCUT2D eigenvalue weighted by atomic mass is 10.0. The highest BCUT2D eigenvalue weighted by atomic mass is 16.1. The predicted octanol–water partition coefficient (Wildman–Crippen LogP) is 2.19. The van der Waals surface area contributed by atoms with Gasteiger partial charge in [0.25, 0.3) is 5.65 Å². The molecule has 3 heterocycles. The third-order valence-corrected chi connectivity index (χ3v) is 3.69. The Bertz CT molecular complexity index is 1030. The Balaban J connectivity index is 1.97. The molecule has 0 unspecified atom stereocenters. The van der Waals surface area contributed by atoms with Crippen molar-refractivity contribution in [3.05, 3.63) is 58.8 Å². The highest BCUT2D eigenvalue weighted by molar-refractivity contribution is 5.88. The highest BCUT2D eigenvalue weighted by Crippen LogP contribution is 2.26. The van der Waals surface area contributed by atoms with Gasteiger partial charge in [0.15, 0.2) is 11.8 Å². The van der Waals surface area contributed by atoms with Crippen molar-refractivity contribution in [3.8, 4) is 11.1 Å². The van der Waals surface area contributed by atoms with E-state index in [4.69, 9.17) is 0 Å². The second-order valence-electron chi connectivity index (χ2n) is 5.13. The Hall–Kier alpha value is -2.95. The maximum atomic E-state index is 11.4. The van der Waals surface area contributed by atoms with Crippen LogP contribution in [0.1, 0.15) is 5.56 Å². The first-order chi connectivity index (χ1) is 10.2. The van der Waals surface area contributed by atoms with Crippen molar-refractivity contribution >= 4 is 22.1 Å². The molecular weight excluding hydrogens is 264 g/mol. The zero-order chi connectivity index (χ0) is 14.4. The van der Waals surface area contributed by atoms with Crippen molar-refractivity contribution < 1.29 is 4.98 Å². The van der Waals surface area contributed by atoms with Crippen LogP contribution in [0.2, 0.25) is 0 Å². The molecule has 0 amide bonds. The normalized spacial score (nSPS) is 11.3. The molecule has 0 saturated carbocycles. The van der Waals surface area contributed by atoms with Crippen LogP contribution in [-0.2, 0) is 0 Å². The van der Waals surface area contributed by atoms with E-state index in [2.05, 4.69) is 38.1 Å². The summed E-state index contributed by atoms with van der Waals surface area (Å²) in [6.07, 6.45) is 3.61. The first-order valence-corrected chi connectivity index (χ1v) is 6.69. The lowest BCUT2D eigenvalue weighted by Crippen LogP contribution is -2.03. The van der Waals surface area contributed by atoms with E-state index < -0.39 is 0 Å². The zero-order valence-electron chi connectivity index (χ0n) is 11.4. The molecular formula is C16H13N4O+. The molecule has 5 nitrogen and oxygen atoms in total. The van der Waals surface area contributed by atoms with Crippen LogP contribution in [0.5, 0.6) is 0 Å². The molecule has 4 aromatic rings. The van der Waals surface area contributed by atoms with E-state index in [1.807, 2.05) is 19.2 Å². The largest absolute Gasteiger partial charge is 0.322 e. The van der Waals surface area contributed by atoms with Crippen LogP contribution in [0.3, 0.4) is 0 Å². The maximum Gasteiger partial charge on any atom is 0.299 e. The molecule has 0 bridgehead atoms. The Labute approximate surface area is 119 Å². The number of benzene rings is 1. The number of rotatable bonds is 1. The van der Waals surface area contributed by atoms with E-state index in [1.165, 1.54) is 0 Å². The van der Waals surface area contributed by atoms with Crippen LogP contribution in [-0.4, -0.2) is 15.0 Å². The van der Waals surface area contributed by atoms with Gasteiger partial charge in [-0.2, -0.15) is 0 Å². The summed E-state index contributed by atoms with van der Waals surface area (Å²) in [5, 5.41) is 1.02. The molecule has 21 heavy (non-hydrogen) atoms. The van der Waals surface area contributed by atoms with E-state index >= 15 is 0 Å². The number of hydrogen-bond donors (Lipinski definition) is 2. The summed E-state index contributed by atoms with van der Waals surface area (Å²) in [5.74, 6) is 0. The van der Waals surface area contributed by atoms with E-state index in [9.17, 15) is 4.79 Å². The molecule has 0 atom stereocenters. The summed E-state index contributed by atoms with van der Waals surface area (Å²) in [4.78, 5) is 24.9. The van der Waals surface area contributed by atoms with Crippen molar-refractivity contribution in [1.82, 2.24) is 15.0 Å². The van der Waals surface area contributed by atoms with Crippen LogP contribution in [0, 0.1) is 6.92 Å². The molecule has 5 heteroatoms. The van der Waals surface area contributed by atoms with Crippen molar-refractivity contribution in [2.45, 2.75) is 6.92 Å². The summed E-state index contributed by atoms with van der Waals surface area (Å²) in [5.41, 5.74) is 5.76. The lowest BCUT2D eigenvalue weighted by Gasteiger charge is -2.06. The molecule has 0 aliphatic rings. The van der Waals surface area contributed by atoms with Gasteiger partial charge in [-0.3, -0.25) is 9.78 Å². The molecule has 0 saturated heterocycles. The molecule has 4 rings (SSSR count). The molecule has 3 N–H and O–H groups in total. The average molecular weight is 277 g/mol. The molecule has 0 aliphatic carbocycles. The number of H-pyrrole nitrogens is 3. The average Bonchev–Trinajstić information content (AvgIpc) is 2.95. The third kappa shape index (κ3) is 1.90. The number of hydrogen-bond acceptors (Lipinski definition) is 2. The van der Waals surface area contributed by atoms with Crippen LogP contribution in [0.25, 0.3) is 33.2 Å². The summed E-state index contributed by atoms with van der Waals surface area (Å²) in [6.45, 7) is 2.00. The molecule has 0 spiro atoms. The van der Waals surface area contributed by atoms with Crippen molar-refractivity contribution in [2.75, 3.05) is 0 Å². The molecule has 1 aromatic carbocycles. The second-order valence-corrected chi connectivity index (χ2v) is 5.13. The van der Waals surface area contributed by atoms with Gasteiger partial charge >= 0.3 is 0 Å². The Morgan fingerprint density at radius 1 is 1.14 bits per heavy atom. The summed E-state index contributed by atoms with van der Waals surface area (Å²) >= 11 is 0. The quantitative estimate of drug-likeness (QED) is 0.559. The molecule has 102 valence electrons. The van der Waals surface area contributed by atoms with Gasteiger partial charge in [0.05, 0.1) is 5.52 Å². The first kappa shape index (κ1) is 11.8. The lowest BCUT2D eigenvalue weighted by molar-refractivity contribution is -0.347. The van der Waals surface area contributed by atoms with E-state index in [0.717, 1.165) is 38.8 Å². The number of aryl methyl sites for hydroxylation is 1. The van der Waals surface area contributed by atoms with Gasteiger partial charge in [-0.1, -0.05) is 0 Å². The van der Waals surface area contributed by atoms with Gasteiger partial charge in [0.1, 0.15) is 6.20 Å². The maximum absolute atomic E-state index is 11.4. The van der Waals surface area contributed by atoms with Crippen molar-refractivity contribution in [2.24, 2.45) is 0 Å². The standard InChI is InChI=1S/C16H12N4O/c1-9-4-11(5-10-2-3-14(21)20-15(9)10)12-6-13-16(17-7-12)19-8-18-13/h2-8H,1H3,(H,20,21)(H,17,18,19)/p+1. The Kier molecular flexibility index (Phi) is 2.41. The fourth-order valence-corrected chi connectivity index (χ4v) is 2.64. The molecule has 0 fully saturated rings. The van der Waals surface area contributed by atoms with Crippen LogP contribution in [0.4, 0.5) is 0 Å². The number of aromatic amines is 3.